The molecule has 0 radical (unpaired) electrons. The molecule has 1 aromatic carbocycles. The summed E-state index contributed by atoms with van der Waals surface area (Å²) in [5.74, 6) is -0.948. The Balaban J connectivity index is 2.26. The first-order chi connectivity index (χ1) is 10.3. The third-order valence-corrected chi connectivity index (χ3v) is 2.56. The molecule has 7 heteroatoms. The topological polar surface area (TPSA) is 102 Å². The van der Waals surface area contributed by atoms with E-state index in [1.54, 1.807) is 45.0 Å². The van der Waals surface area contributed by atoms with Crippen molar-refractivity contribution in [2.24, 2.45) is 0 Å². The first kappa shape index (κ1) is 15.6. The van der Waals surface area contributed by atoms with Gasteiger partial charge in [0.05, 0.1) is 5.69 Å². The average molecular weight is 304 g/mol. The number of carboxylic acids is 1. The molecule has 2 N–H and O–H groups in total. The molecule has 0 bridgehead atoms. The highest BCUT2D eigenvalue weighted by atomic mass is 16.6. The van der Waals surface area contributed by atoms with Gasteiger partial charge in [-0.2, -0.15) is 0 Å². The van der Waals surface area contributed by atoms with Gasteiger partial charge in [-0.1, -0.05) is 17.3 Å². The second kappa shape index (κ2) is 5.88. The van der Waals surface area contributed by atoms with E-state index in [2.05, 4.69) is 10.5 Å². The molecule has 0 atom stereocenters. The van der Waals surface area contributed by atoms with Gasteiger partial charge in [-0.25, -0.2) is 9.59 Å². The van der Waals surface area contributed by atoms with Gasteiger partial charge in [-0.15, -0.1) is 0 Å². The molecule has 116 valence electrons. The molecule has 0 saturated carbocycles. The summed E-state index contributed by atoms with van der Waals surface area (Å²) in [4.78, 5) is 22.7. The van der Waals surface area contributed by atoms with Crippen LogP contribution in [0.1, 0.15) is 31.3 Å². The maximum Gasteiger partial charge on any atom is 0.412 e. The largest absolute Gasteiger partial charge is 0.476 e. The molecular weight excluding hydrogens is 288 g/mol. The van der Waals surface area contributed by atoms with Crippen molar-refractivity contribution in [3.05, 3.63) is 36.0 Å². The fourth-order valence-electron chi connectivity index (χ4n) is 1.72. The lowest BCUT2D eigenvalue weighted by Crippen LogP contribution is -2.27. The highest BCUT2D eigenvalue weighted by molar-refractivity contribution is 5.92. The number of carbonyl (C=O) groups excluding carboxylic acids is 1. The van der Waals surface area contributed by atoms with Gasteiger partial charge in [0.1, 0.15) is 5.60 Å². The molecule has 1 heterocycles. The average Bonchev–Trinajstić information content (AvgIpc) is 2.86. The van der Waals surface area contributed by atoms with E-state index in [9.17, 15) is 9.59 Å². The summed E-state index contributed by atoms with van der Waals surface area (Å²) in [6.07, 6.45) is -0.613. The number of benzene rings is 1. The smallest absolute Gasteiger partial charge is 0.412 e. The predicted octanol–water partition coefficient (Wildman–Crippen LogP) is 3.39. The number of ether oxygens (including phenoxy) is 1. The van der Waals surface area contributed by atoms with Gasteiger partial charge in [0.2, 0.25) is 0 Å². The number of nitrogens with one attached hydrogen (secondary N) is 1. The van der Waals surface area contributed by atoms with Crippen LogP contribution in [0, 0.1) is 0 Å². The van der Waals surface area contributed by atoms with E-state index in [1.165, 1.54) is 6.07 Å². The number of rotatable bonds is 3. The molecule has 1 amide bonds. The molecule has 0 saturated heterocycles. The van der Waals surface area contributed by atoms with Crippen molar-refractivity contribution in [2.45, 2.75) is 26.4 Å². The van der Waals surface area contributed by atoms with Crippen molar-refractivity contribution in [2.75, 3.05) is 5.32 Å². The van der Waals surface area contributed by atoms with Crippen molar-refractivity contribution in [3.8, 4) is 11.3 Å². The van der Waals surface area contributed by atoms with Gasteiger partial charge < -0.3 is 14.4 Å². The van der Waals surface area contributed by atoms with E-state index in [4.69, 9.17) is 14.4 Å². The number of hydrogen-bond acceptors (Lipinski definition) is 5. The molecule has 0 spiro atoms. The summed E-state index contributed by atoms with van der Waals surface area (Å²) in [5, 5.41) is 14.9. The summed E-state index contributed by atoms with van der Waals surface area (Å²) in [5.41, 5.74) is 0.113. The van der Waals surface area contributed by atoms with Crippen LogP contribution in [0.15, 0.2) is 34.9 Å². The van der Waals surface area contributed by atoms with Crippen molar-refractivity contribution < 1.29 is 24.0 Å². The van der Waals surface area contributed by atoms with Crippen molar-refractivity contribution in [1.82, 2.24) is 5.16 Å². The maximum absolute atomic E-state index is 11.9. The van der Waals surface area contributed by atoms with Crippen LogP contribution >= 0.6 is 0 Å². The molecule has 0 fully saturated rings. The quantitative estimate of drug-likeness (QED) is 0.901. The molecule has 1 aromatic heterocycles. The Kier molecular flexibility index (Phi) is 4.16. The summed E-state index contributed by atoms with van der Waals surface area (Å²) in [6, 6.07) is 8.09. The number of carbonyl (C=O) groups is 2. The van der Waals surface area contributed by atoms with Crippen LogP contribution in [0.25, 0.3) is 11.3 Å². The Morgan fingerprint density at radius 1 is 1.27 bits per heavy atom. The first-order valence-corrected chi connectivity index (χ1v) is 6.56. The van der Waals surface area contributed by atoms with E-state index < -0.39 is 17.7 Å². The minimum absolute atomic E-state index is 0.206. The molecule has 2 rings (SSSR count). The van der Waals surface area contributed by atoms with Crippen LogP contribution in [0.5, 0.6) is 0 Å². The number of nitrogens with zero attached hydrogens (tertiary/aromatic N) is 1. The van der Waals surface area contributed by atoms with Gasteiger partial charge in [-0.3, -0.25) is 5.32 Å². The van der Waals surface area contributed by atoms with Crippen LogP contribution in [0.3, 0.4) is 0 Å². The van der Waals surface area contributed by atoms with Gasteiger partial charge in [0, 0.05) is 11.6 Å². The number of carboxylic acid groups (broad SMARTS) is 1. The number of aromatic nitrogens is 1. The van der Waals surface area contributed by atoms with E-state index in [-0.39, 0.29) is 11.5 Å². The summed E-state index contributed by atoms with van der Waals surface area (Å²) < 4.78 is 10.2. The van der Waals surface area contributed by atoms with Crippen LogP contribution < -0.4 is 5.32 Å². The lowest BCUT2D eigenvalue weighted by atomic mass is 10.1. The summed E-state index contributed by atoms with van der Waals surface area (Å²) in [7, 11) is 0. The Labute approximate surface area is 126 Å². The van der Waals surface area contributed by atoms with Crippen LogP contribution in [0.4, 0.5) is 10.5 Å². The summed E-state index contributed by atoms with van der Waals surface area (Å²) in [6.45, 7) is 5.27. The Bertz CT molecular complexity index is 700. The van der Waals surface area contributed by atoms with Crippen molar-refractivity contribution >= 4 is 17.7 Å². The first-order valence-electron chi connectivity index (χ1n) is 6.56. The van der Waals surface area contributed by atoms with Gasteiger partial charge in [-0.05, 0) is 32.9 Å². The van der Waals surface area contributed by atoms with Crippen molar-refractivity contribution in [3.63, 3.8) is 0 Å². The molecule has 0 unspecified atom stereocenters. The fourth-order valence-corrected chi connectivity index (χ4v) is 1.72. The highest BCUT2D eigenvalue weighted by Gasteiger charge is 2.19. The molecule has 0 aliphatic rings. The zero-order valence-corrected chi connectivity index (χ0v) is 12.4. The van der Waals surface area contributed by atoms with Gasteiger partial charge in [0.15, 0.2) is 11.5 Å². The van der Waals surface area contributed by atoms with Gasteiger partial charge in [0.25, 0.3) is 0 Å². The molecule has 0 aliphatic heterocycles. The lowest BCUT2D eigenvalue weighted by Gasteiger charge is -2.20. The van der Waals surface area contributed by atoms with Crippen LogP contribution in [-0.4, -0.2) is 27.9 Å². The second-order valence-corrected chi connectivity index (χ2v) is 5.55. The second-order valence-electron chi connectivity index (χ2n) is 5.55. The molecule has 0 aliphatic carbocycles. The monoisotopic (exact) mass is 304 g/mol. The maximum atomic E-state index is 11.9. The third kappa shape index (κ3) is 3.85. The standard InChI is InChI=1S/C15H16N2O5/c1-15(2,3)21-14(20)16-10-7-5-4-6-9(10)12-8-11(13(18)19)17-22-12/h4-8H,1-3H3,(H,16,20)(H,18,19). The molecule has 2 aromatic rings. The number of para-hydroxylation sites is 1. The Hall–Kier alpha value is -2.83. The van der Waals surface area contributed by atoms with Crippen LogP contribution in [0.2, 0.25) is 0 Å². The lowest BCUT2D eigenvalue weighted by molar-refractivity contribution is 0.0633. The van der Waals surface area contributed by atoms with E-state index in [0.29, 0.717) is 11.3 Å². The van der Waals surface area contributed by atoms with E-state index >= 15 is 0 Å². The van der Waals surface area contributed by atoms with Crippen LogP contribution in [-0.2, 0) is 4.74 Å². The summed E-state index contributed by atoms with van der Waals surface area (Å²) >= 11 is 0. The number of aromatic carboxylic acids is 1. The van der Waals surface area contributed by atoms with E-state index in [1.807, 2.05) is 0 Å². The van der Waals surface area contributed by atoms with Crippen molar-refractivity contribution in [1.29, 1.82) is 0 Å². The molecule has 7 nitrogen and oxygen atoms in total. The molecule has 22 heavy (non-hydrogen) atoms. The Morgan fingerprint density at radius 3 is 2.55 bits per heavy atom. The zero-order valence-electron chi connectivity index (χ0n) is 12.4. The molecular formula is C15H16N2O5. The zero-order chi connectivity index (χ0) is 16.3. The Morgan fingerprint density at radius 2 is 1.95 bits per heavy atom. The minimum atomic E-state index is -1.19. The fraction of sp³-hybridized carbons (Fsp3) is 0.267. The third-order valence-electron chi connectivity index (χ3n) is 2.56. The normalized spacial score (nSPS) is 11.0. The predicted molar refractivity (Wildman–Crippen MR) is 78.8 cm³/mol. The number of amides is 1. The van der Waals surface area contributed by atoms with Gasteiger partial charge >= 0.3 is 12.1 Å². The number of hydrogen-bond donors (Lipinski definition) is 2. The highest BCUT2D eigenvalue weighted by Crippen LogP contribution is 2.28. The minimum Gasteiger partial charge on any atom is -0.476 e. The SMILES string of the molecule is CC(C)(C)OC(=O)Nc1ccccc1-c1cc(C(=O)O)no1. The number of anilines is 1. The van der Waals surface area contributed by atoms with E-state index in [0.717, 1.165) is 0 Å².